The van der Waals surface area contributed by atoms with Gasteiger partial charge in [-0.1, -0.05) is 24.3 Å². The number of hydrogen-bond acceptors (Lipinski definition) is 5. The van der Waals surface area contributed by atoms with Crippen molar-refractivity contribution < 1.29 is 18.3 Å². The Morgan fingerprint density at radius 2 is 1.91 bits per heavy atom. The molecule has 0 spiro atoms. The van der Waals surface area contributed by atoms with Crippen LogP contribution in [0.15, 0.2) is 59.8 Å². The average molecular weight is 318 g/mol. The fraction of sp³-hybridized carbons (Fsp3) is 0.0667. The number of sulfonamides is 1. The van der Waals surface area contributed by atoms with E-state index in [1.165, 1.54) is 24.4 Å². The van der Waals surface area contributed by atoms with Gasteiger partial charge in [-0.05, 0) is 35.9 Å². The van der Waals surface area contributed by atoms with Gasteiger partial charge in [0.2, 0.25) is 0 Å². The van der Waals surface area contributed by atoms with Crippen molar-refractivity contribution in [1.82, 2.24) is 4.98 Å². The Balaban J connectivity index is 2.12. The van der Waals surface area contributed by atoms with E-state index in [1.807, 2.05) is 0 Å². The third-order valence-corrected chi connectivity index (χ3v) is 3.99. The molecule has 1 aromatic carbocycles. The number of pyridine rings is 1. The van der Waals surface area contributed by atoms with Gasteiger partial charge in [-0.3, -0.25) is 9.52 Å². The molecule has 6 nitrogen and oxygen atoms in total. The van der Waals surface area contributed by atoms with Crippen molar-refractivity contribution in [2.24, 2.45) is 0 Å². The maximum Gasteiger partial charge on any atom is 0.279 e. The summed E-state index contributed by atoms with van der Waals surface area (Å²) in [4.78, 5) is 14.8. The fourth-order valence-electron chi connectivity index (χ4n) is 1.62. The van der Waals surface area contributed by atoms with Gasteiger partial charge in [0.1, 0.15) is 6.61 Å². The Kier molecular flexibility index (Phi) is 5.03. The predicted octanol–water partition coefficient (Wildman–Crippen LogP) is 1.46. The maximum atomic E-state index is 12.1. The second-order valence-corrected chi connectivity index (χ2v) is 5.98. The lowest BCUT2D eigenvalue weighted by Crippen LogP contribution is -2.14. The van der Waals surface area contributed by atoms with Crippen molar-refractivity contribution in [3.8, 4) is 0 Å². The summed E-state index contributed by atoms with van der Waals surface area (Å²) in [6.45, 7) is -0.543. The zero-order valence-corrected chi connectivity index (χ0v) is 12.3. The SMILES string of the molecule is O=C(/C=C/c1ccc(NS(=O)(=O)c2ccccn2)cc1)CO. The summed E-state index contributed by atoms with van der Waals surface area (Å²) in [6, 6.07) is 11.1. The number of hydrogen-bond donors (Lipinski definition) is 2. The number of aromatic nitrogens is 1. The lowest BCUT2D eigenvalue weighted by molar-refractivity contribution is -0.117. The smallest absolute Gasteiger partial charge is 0.279 e. The molecule has 2 rings (SSSR count). The van der Waals surface area contributed by atoms with Crippen LogP contribution in [0.4, 0.5) is 5.69 Å². The van der Waals surface area contributed by atoms with Crippen molar-refractivity contribution in [3.63, 3.8) is 0 Å². The Morgan fingerprint density at radius 1 is 1.18 bits per heavy atom. The van der Waals surface area contributed by atoms with Crippen LogP contribution in [0.25, 0.3) is 6.08 Å². The minimum atomic E-state index is -3.72. The fourth-order valence-corrected chi connectivity index (χ4v) is 2.63. The van der Waals surface area contributed by atoms with Crippen LogP contribution in [-0.2, 0) is 14.8 Å². The molecular formula is C15H14N2O4S. The first-order valence-corrected chi connectivity index (χ1v) is 7.85. The average Bonchev–Trinajstić information content (AvgIpc) is 2.54. The van der Waals surface area contributed by atoms with Crippen LogP contribution in [0.1, 0.15) is 5.56 Å². The van der Waals surface area contributed by atoms with Crippen LogP contribution in [0.2, 0.25) is 0 Å². The third kappa shape index (κ3) is 4.24. The highest BCUT2D eigenvalue weighted by Crippen LogP contribution is 2.15. The van der Waals surface area contributed by atoms with Gasteiger partial charge in [0.25, 0.3) is 10.0 Å². The van der Waals surface area contributed by atoms with Crippen molar-refractivity contribution in [1.29, 1.82) is 0 Å². The van der Waals surface area contributed by atoms with Gasteiger partial charge >= 0.3 is 0 Å². The van der Waals surface area contributed by atoms with E-state index >= 15 is 0 Å². The standard InChI is InChI=1S/C15H14N2O4S/c18-11-14(19)9-6-12-4-7-13(8-5-12)17-22(20,21)15-3-1-2-10-16-15/h1-10,17-18H,11H2/b9-6+. The minimum absolute atomic E-state index is 0.0625. The van der Waals surface area contributed by atoms with E-state index in [1.54, 1.807) is 36.4 Å². The number of aliphatic hydroxyl groups excluding tert-OH is 1. The Morgan fingerprint density at radius 3 is 2.50 bits per heavy atom. The molecule has 0 amide bonds. The van der Waals surface area contributed by atoms with Crippen LogP contribution < -0.4 is 4.72 Å². The van der Waals surface area contributed by atoms with Gasteiger partial charge < -0.3 is 5.11 Å². The summed E-state index contributed by atoms with van der Waals surface area (Å²) in [5, 5.41) is 8.55. The number of nitrogens with zero attached hydrogens (tertiary/aromatic N) is 1. The second kappa shape index (κ2) is 6.97. The van der Waals surface area contributed by atoms with Crippen molar-refractivity contribution in [3.05, 3.63) is 60.3 Å². The first kappa shape index (κ1) is 15.9. The minimum Gasteiger partial charge on any atom is -0.388 e. The van der Waals surface area contributed by atoms with Gasteiger partial charge in [-0.15, -0.1) is 0 Å². The lowest BCUT2D eigenvalue weighted by atomic mass is 10.2. The molecule has 0 aliphatic heterocycles. The lowest BCUT2D eigenvalue weighted by Gasteiger charge is -2.07. The molecule has 1 aromatic heterocycles. The Bertz CT molecular complexity index is 769. The monoisotopic (exact) mass is 318 g/mol. The van der Waals surface area contributed by atoms with E-state index in [0.29, 0.717) is 11.3 Å². The molecule has 0 aliphatic carbocycles. The highest BCUT2D eigenvalue weighted by molar-refractivity contribution is 7.92. The summed E-state index contributed by atoms with van der Waals surface area (Å²) < 4.78 is 26.6. The highest BCUT2D eigenvalue weighted by Gasteiger charge is 2.14. The van der Waals surface area contributed by atoms with Crippen LogP contribution in [0.3, 0.4) is 0 Å². The van der Waals surface area contributed by atoms with E-state index in [0.717, 1.165) is 0 Å². The molecule has 0 saturated heterocycles. The molecule has 0 fully saturated rings. The molecule has 2 aromatic rings. The molecule has 1 heterocycles. The molecule has 2 N–H and O–H groups in total. The first-order valence-electron chi connectivity index (χ1n) is 6.37. The largest absolute Gasteiger partial charge is 0.388 e. The molecule has 0 bridgehead atoms. The molecule has 22 heavy (non-hydrogen) atoms. The number of nitrogens with one attached hydrogen (secondary N) is 1. The number of anilines is 1. The number of benzene rings is 1. The molecule has 0 radical (unpaired) electrons. The summed E-state index contributed by atoms with van der Waals surface area (Å²) in [5.74, 6) is -0.403. The number of ketones is 1. The van der Waals surface area contributed by atoms with Gasteiger partial charge in [0.15, 0.2) is 10.8 Å². The quantitative estimate of drug-likeness (QED) is 0.786. The van der Waals surface area contributed by atoms with Crippen LogP contribution in [-0.4, -0.2) is 30.9 Å². The van der Waals surface area contributed by atoms with Gasteiger partial charge in [-0.25, -0.2) is 4.98 Å². The summed E-state index contributed by atoms with van der Waals surface area (Å²) in [5.41, 5.74) is 1.10. The first-order chi connectivity index (χ1) is 10.5. The van der Waals surface area contributed by atoms with Crippen LogP contribution in [0.5, 0.6) is 0 Å². The van der Waals surface area contributed by atoms with Crippen molar-refractivity contribution in [2.75, 3.05) is 11.3 Å². The van der Waals surface area contributed by atoms with E-state index in [2.05, 4.69) is 9.71 Å². The van der Waals surface area contributed by atoms with Gasteiger partial charge in [-0.2, -0.15) is 8.42 Å². The normalized spacial score (nSPS) is 11.5. The predicted molar refractivity (Wildman–Crippen MR) is 82.6 cm³/mol. The van der Waals surface area contributed by atoms with E-state index in [4.69, 9.17) is 5.11 Å². The Hall–Kier alpha value is -2.51. The molecule has 0 saturated carbocycles. The molecule has 114 valence electrons. The second-order valence-electron chi connectivity index (χ2n) is 4.35. The molecular weight excluding hydrogens is 304 g/mol. The molecule has 7 heteroatoms. The topological polar surface area (TPSA) is 96.4 Å². The molecule has 0 aliphatic rings. The van der Waals surface area contributed by atoms with Gasteiger partial charge in [0, 0.05) is 11.9 Å². The number of rotatable bonds is 6. The Labute approximate surface area is 128 Å². The van der Waals surface area contributed by atoms with Crippen LogP contribution in [0, 0.1) is 0 Å². The number of carbonyl (C=O) groups is 1. The maximum absolute atomic E-state index is 12.1. The zero-order valence-electron chi connectivity index (χ0n) is 11.5. The highest BCUT2D eigenvalue weighted by atomic mass is 32.2. The van der Waals surface area contributed by atoms with Crippen LogP contribution >= 0.6 is 0 Å². The van der Waals surface area contributed by atoms with E-state index < -0.39 is 22.4 Å². The molecule has 0 atom stereocenters. The van der Waals surface area contributed by atoms with E-state index in [-0.39, 0.29) is 5.03 Å². The molecule has 0 unspecified atom stereocenters. The van der Waals surface area contributed by atoms with Gasteiger partial charge in [0.05, 0.1) is 0 Å². The van der Waals surface area contributed by atoms with Crippen molar-refractivity contribution in [2.45, 2.75) is 5.03 Å². The summed E-state index contributed by atoms with van der Waals surface area (Å²) >= 11 is 0. The number of carbonyl (C=O) groups excluding carboxylic acids is 1. The summed E-state index contributed by atoms with van der Waals surface area (Å²) in [7, 11) is -3.72. The van der Waals surface area contributed by atoms with Crippen molar-refractivity contribution >= 4 is 27.6 Å². The summed E-state index contributed by atoms with van der Waals surface area (Å²) in [6.07, 6.45) is 4.20. The number of aliphatic hydroxyl groups is 1. The zero-order chi connectivity index (χ0) is 16.0. The third-order valence-electron chi connectivity index (χ3n) is 2.69. The van der Waals surface area contributed by atoms with E-state index in [9.17, 15) is 13.2 Å².